The second-order valence-electron chi connectivity index (χ2n) is 3.11. The van der Waals surface area contributed by atoms with Crippen LogP contribution in [0.2, 0.25) is 5.02 Å². The average molecular weight is 276 g/mol. The number of amides is 1. The number of alkyl halides is 1. The van der Waals surface area contributed by atoms with E-state index in [9.17, 15) is 9.59 Å². The number of ether oxygens (including phenoxy) is 1. The van der Waals surface area contributed by atoms with Gasteiger partial charge in [0.15, 0.2) is 0 Å². The van der Waals surface area contributed by atoms with Crippen LogP contribution in [-0.4, -0.2) is 23.9 Å². The third-order valence-corrected chi connectivity index (χ3v) is 2.46. The van der Waals surface area contributed by atoms with Crippen molar-refractivity contribution in [2.75, 3.05) is 11.9 Å². The van der Waals surface area contributed by atoms with Crippen LogP contribution in [0.3, 0.4) is 0 Å². The minimum atomic E-state index is -1.36. The molecular weight excluding hydrogens is 265 g/mol. The number of carbonyl (C=O) groups excluding carboxylic acids is 2. The van der Waals surface area contributed by atoms with Crippen LogP contribution in [-0.2, 0) is 14.3 Å². The molecule has 0 radical (unpaired) electrons. The molecule has 6 heteroatoms. The summed E-state index contributed by atoms with van der Waals surface area (Å²) in [6, 6.07) is 6.44. The van der Waals surface area contributed by atoms with Crippen LogP contribution in [0.25, 0.3) is 0 Å². The topological polar surface area (TPSA) is 55.4 Å². The molecular formula is C11H11Cl2NO3. The van der Waals surface area contributed by atoms with E-state index in [0.29, 0.717) is 10.7 Å². The molecule has 1 N–H and O–H groups in total. The fraction of sp³-hybridized carbons (Fsp3) is 0.273. The van der Waals surface area contributed by atoms with Gasteiger partial charge in [-0.2, -0.15) is 0 Å². The van der Waals surface area contributed by atoms with Crippen molar-refractivity contribution in [3.05, 3.63) is 29.3 Å². The first-order chi connectivity index (χ1) is 8.04. The van der Waals surface area contributed by atoms with Crippen LogP contribution in [0.5, 0.6) is 0 Å². The standard InChI is InChI=1S/C11H11Cl2NO3/c1-2-17-11(16)9(13)10(15)14-8-5-3-7(12)4-6-8/h3-6,9H,2H2,1H3,(H,14,15). The Kier molecular flexibility index (Phi) is 5.25. The summed E-state index contributed by atoms with van der Waals surface area (Å²) in [4.78, 5) is 22.7. The lowest BCUT2D eigenvalue weighted by molar-refractivity contribution is -0.144. The van der Waals surface area contributed by atoms with Crippen molar-refractivity contribution in [3.63, 3.8) is 0 Å². The molecule has 0 aliphatic heterocycles. The van der Waals surface area contributed by atoms with E-state index in [4.69, 9.17) is 23.2 Å². The molecule has 0 bridgehead atoms. The second kappa shape index (κ2) is 6.47. The number of hydrogen-bond donors (Lipinski definition) is 1. The summed E-state index contributed by atoms with van der Waals surface area (Å²) in [6.07, 6.45) is 0. The van der Waals surface area contributed by atoms with Crippen molar-refractivity contribution < 1.29 is 14.3 Å². The highest BCUT2D eigenvalue weighted by atomic mass is 35.5. The fourth-order valence-corrected chi connectivity index (χ4v) is 1.30. The van der Waals surface area contributed by atoms with Gasteiger partial charge in [-0.05, 0) is 31.2 Å². The highest BCUT2D eigenvalue weighted by Gasteiger charge is 2.25. The Balaban J connectivity index is 2.59. The molecule has 1 unspecified atom stereocenters. The maximum atomic E-state index is 11.5. The SMILES string of the molecule is CCOC(=O)C(Cl)C(=O)Nc1ccc(Cl)cc1. The maximum absolute atomic E-state index is 11.5. The Hall–Kier alpha value is -1.26. The van der Waals surface area contributed by atoms with E-state index in [2.05, 4.69) is 10.1 Å². The van der Waals surface area contributed by atoms with Crippen LogP contribution < -0.4 is 5.32 Å². The van der Waals surface area contributed by atoms with Gasteiger partial charge in [0.25, 0.3) is 5.91 Å². The van der Waals surface area contributed by atoms with Crippen molar-refractivity contribution in [2.24, 2.45) is 0 Å². The lowest BCUT2D eigenvalue weighted by atomic mass is 10.3. The lowest BCUT2D eigenvalue weighted by Gasteiger charge is -2.09. The van der Waals surface area contributed by atoms with Crippen LogP contribution >= 0.6 is 23.2 Å². The van der Waals surface area contributed by atoms with Gasteiger partial charge in [0.1, 0.15) is 0 Å². The van der Waals surface area contributed by atoms with Crippen molar-refractivity contribution >= 4 is 40.8 Å². The summed E-state index contributed by atoms with van der Waals surface area (Å²) >= 11 is 11.3. The predicted octanol–water partition coefficient (Wildman–Crippen LogP) is 2.45. The van der Waals surface area contributed by atoms with E-state index in [0.717, 1.165) is 0 Å². The highest BCUT2D eigenvalue weighted by Crippen LogP contribution is 2.14. The average Bonchev–Trinajstić information content (AvgIpc) is 2.31. The number of esters is 1. The molecule has 0 saturated heterocycles. The molecule has 0 spiro atoms. The summed E-state index contributed by atoms with van der Waals surface area (Å²) in [5.41, 5.74) is 0.509. The second-order valence-corrected chi connectivity index (χ2v) is 3.98. The quantitative estimate of drug-likeness (QED) is 0.522. The fourth-order valence-electron chi connectivity index (χ4n) is 1.06. The molecule has 1 rings (SSSR count). The van der Waals surface area contributed by atoms with E-state index < -0.39 is 17.3 Å². The third kappa shape index (κ3) is 4.24. The summed E-state index contributed by atoms with van der Waals surface area (Å²) < 4.78 is 4.63. The number of anilines is 1. The molecule has 1 amide bonds. The van der Waals surface area contributed by atoms with Crippen molar-refractivity contribution in [1.29, 1.82) is 0 Å². The van der Waals surface area contributed by atoms with Gasteiger partial charge < -0.3 is 10.1 Å². The van der Waals surface area contributed by atoms with Gasteiger partial charge in [0, 0.05) is 10.7 Å². The number of benzene rings is 1. The largest absolute Gasteiger partial charge is 0.464 e. The minimum absolute atomic E-state index is 0.177. The normalized spacial score (nSPS) is 11.7. The van der Waals surface area contributed by atoms with Gasteiger partial charge in [-0.25, -0.2) is 4.79 Å². The Morgan fingerprint density at radius 2 is 1.94 bits per heavy atom. The number of halogens is 2. The highest BCUT2D eigenvalue weighted by molar-refractivity contribution is 6.42. The van der Waals surface area contributed by atoms with Crippen molar-refractivity contribution in [2.45, 2.75) is 12.3 Å². The number of carbonyl (C=O) groups is 2. The smallest absolute Gasteiger partial charge is 0.333 e. The number of rotatable bonds is 4. The Bertz CT molecular complexity index is 406. The first-order valence-corrected chi connectivity index (χ1v) is 5.73. The molecule has 4 nitrogen and oxygen atoms in total. The Morgan fingerprint density at radius 3 is 2.47 bits per heavy atom. The van der Waals surface area contributed by atoms with E-state index in [1.165, 1.54) is 0 Å². The van der Waals surface area contributed by atoms with E-state index in [1.54, 1.807) is 31.2 Å². The van der Waals surface area contributed by atoms with Gasteiger partial charge in [0.2, 0.25) is 5.38 Å². The van der Waals surface area contributed by atoms with E-state index >= 15 is 0 Å². The Labute approximate surface area is 109 Å². The van der Waals surface area contributed by atoms with Gasteiger partial charge in [-0.3, -0.25) is 4.79 Å². The molecule has 17 heavy (non-hydrogen) atoms. The zero-order valence-corrected chi connectivity index (χ0v) is 10.6. The van der Waals surface area contributed by atoms with Crippen LogP contribution in [0.1, 0.15) is 6.92 Å². The maximum Gasteiger partial charge on any atom is 0.333 e. The minimum Gasteiger partial charge on any atom is -0.464 e. The van der Waals surface area contributed by atoms with E-state index in [1.807, 2.05) is 0 Å². The zero-order valence-electron chi connectivity index (χ0n) is 9.07. The summed E-state index contributed by atoms with van der Waals surface area (Å²) in [5, 5.41) is 1.67. The molecule has 0 aromatic heterocycles. The monoisotopic (exact) mass is 275 g/mol. The molecule has 0 aliphatic rings. The van der Waals surface area contributed by atoms with Crippen LogP contribution in [0.15, 0.2) is 24.3 Å². The van der Waals surface area contributed by atoms with Crippen molar-refractivity contribution in [3.8, 4) is 0 Å². The van der Waals surface area contributed by atoms with Crippen molar-refractivity contribution in [1.82, 2.24) is 0 Å². The molecule has 1 aromatic carbocycles. The van der Waals surface area contributed by atoms with Crippen LogP contribution in [0.4, 0.5) is 5.69 Å². The molecule has 1 atom stereocenters. The molecule has 0 aliphatic carbocycles. The molecule has 1 aromatic rings. The lowest BCUT2D eigenvalue weighted by Crippen LogP contribution is -2.31. The zero-order chi connectivity index (χ0) is 12.8. The molecule has 0 saturated carbocycles. The van der Waals surface area contributed by atoms with E-state index in [-0.39, 0.29) is 6.61 Å². The first kappa shape index (κ1) is 13.8. The van der Waals surface area contributed by atoms with Gasteiger partial charge >= 0.3 is 5.97 Å². The molecule has 0 fully saturated rings. The molecule has 92 valence electrons. The predicted molar refractivity (Wildman–Crippen MR) is 66.4 cm³/mol. The summed E-state index contributed by atoms with van der Waals surface area (Å²) in [7, 11) is 0. The third-order valence-electron chi connectivity index (χ3n) is 1.84. The summed E-state index contributed by atoms with van der Waals surface area (Å²) in [5.74, 6) is -1.40. The molecule has 0 heterocycles. The van der Waals surface area contributed by atoms with Gasteiger partial charge in [0.05, 0.1) is 6.61 Å². The Morgan fingerprint density at radius 1 is 1.35 bits per heavy atom. The number of nitrogens with one attached hydrogen (secondary N) is 1. The van der Waals surface area contributed by atoms with Crippen LogP contribution in [0, 0.1) is 0 Å². The van der Waals surface area contributed by atoms with Gasteiger partial charge in [-0.15, -0.1) is 0 Å². The first-order valence-electron chi connectivity index (χ1n) is 4.91. The summed E-state index contributed by atoms with van der Waals surface area (Å²) in [6.45, 7) is 1.81. The van der Waals surface area contributed by atoms with Gasteiger partial charge in [-0.1, -0.05) is 23.2 Å². The number of hydrogen-bond acceptors (Lipinski definition) is 3.